The second-order valence-corrected chi connectivity index (χ2v) is 5.34. The average Bonchev–Trinajstić information content (AvgIpc) is 2.60. The lowest BCUT2D eigenvalue weighted by molar-refractivity contribution is -0.117. The van der Waals surface area contributed by atoms with Gasteiger partial charge in [-0.2, -0.15) is 0 Å². The first-order chi connectivity index (χ1) is 12.0. The SMILES string of the molecule is C=CCOc1ccccc1C(=O)CC(=O)CC(=O)c1ccc(F)cc1. The maximum atomic E-state index is 12.9. The normalized spacial score (nSPS) is 10.1. The molecule has 4 nitrogen and oxygen atoms in total. The van der Waals surface area contributed by atoms with E-state index in [0.717, 1.165) is 12.1 Å². The highest BCUT2D eigenvalue weighted by Crippen LogP contribution is 2.20. The van der Waals surface area contributed by atoms with E-state index < -0.39 is 36.0 Å². The highest BCUT2D eigenvalue weighted by Gasteiger charge is 2.19. The molecule has 0 aliphatic heterocycles. The van der Waals surface area contributed by atoms with E-state index in [2.05, 4.69) is 6.58 Å². The molecule has 0 fully saturated rings. The van der Waals surface area contributed by atoms with E-state index in [1.54, 1.807) is 30.3 Å². The molecule has 2 aromatic rings. The van der Waals surface area contributed by atoms with Crippen LogP contribution in [0.1, 0.15) is 33.6 Å². The number of hydrogen-bond acceptors (Lipinski definition) is 4. The number of hydrogen-bond donors (Lipinski definition) is 0. The van der Waals surface area contributed by atoms with Crippen molar-refractivity contribution < 1.29 is 23.5 Å². The molecule has 0 aromatic heterocycles. The number of benzene rings is 2. The van der Waals surface area contributed by atoms with Gasteiger partial charge in [-0.25, -0.2) is 4.39 Å². The highest BCUT2D eigenvalue weighted by molar-refractivity contribution is 6.16. The molecule has 0 aliphatic rings. The van der Waals surface area contributed by atoms with E-state index in [0.29, 0.717) is 5.75 Å². The molecular formula is C20H17FO4. The third-order valence-corrected chi connectivity index (χ3v) is 3.43. The summed E-state index contributed by atoms with van der Waals surface area (Å²) in [6.45, 7) is 3.78. The third-order valence-electron chi connectivity index (χ3n) is 3.43. The standard InChI is InChI=1S/C20H17FO4/c1-2-11-25-20-6-4-3-5-17(20)19(24)13-16(22)12-18(23)14-7-9-15(21)10-8-14/h2-10H,1,11-13H2. The predicted molar refractivity (Wildman–Crippen MR) is 91.4 cm³/mol. The minimum absolute atomic E-state index is 0.233. The Hall–Kier alpha value is -3.08. The molecule has 2 rings (SSSR count). The molecule has 0 atom stereocenters. The Labute approximate surface area is 144 Å². The minimum Gasteiger partial charge on any atom is -0.489 e. The third kappa shape index (κ3) is 5.21. The van der Waals surface area contributed by atoms with Crippen molar-refractivity contribution in [2.45, 2.75) is 12.8 Å². The maximum absolute atomic E-state index is 12.9. The van der Waals surface area contributed by atoms with Gasteiger partial charge in [0.2, 0.25) is 0 Å². The molecule has 128 valence electrons. The van der Waals surface area contributed by atoms with Crippen molar-refractivity contribution in [2.24, 2.45) is 0 Å². The van der Waals surface area contributed by atoms with Crippen molar-refractivity contribution in [3.63, 3.8) is 0 Å². The summed E-state index contributed by atoms with van der Waals surface area (Å²) >= 11 is 0. The summed E-state index contributed by atoms with van der Waals surface area (Å²) < 4.78 is 18.3. The fourth-order valence-corrected chi connectivity index (χ4v) is 2.23. The van der Waals surface area contributed by atoms with Crippen molar-refractivity contribution in [1.29, 1.82) is 0 Å². The zero-order chi connectivity index (χ0) is 18.2. The largest absolute Gasteiger partial charge is 0.489 e. The first kappa shape index (κ1) is 18.3. The van der Waals surface area contributed by atoms with Gasteiger partial charge in [0.05, 0.1) is 18.4 Å². The van der Waals surface area contributed by atoms with Gasteiger partial charge < -0.3 is 4.74 Å². The van der Waals surface area contributed by atoms with Crippen LogP contribution in [0.25, 0.3) is 0 Å². The summed E-state index contributed by atoms with van der Waals surface area (Å²) in [5.41, 5.74) is 0.517. The summed E-state index contributed by atoms with van der Waals surface area (Å²) in [4.78, 5) is 36.3. The van der Waals surface area contributed by atoms with Gasteiger partial charge in [0.15, 0.2) is 11.6 Å². The summed E-state index contributed by atoms with van der Waals surface area (Å²) in [6.07, 6.45) is 0.738. The smallest absolute Gasteiger partial charge is 0.173 e. The number of ether oxygens (including phenoxy) is 1. The molecule has 0 saturated carbocycles. The van der Waals surface area contributed by atoms with Gasteiger partial charge in [0.25, 0.3) is 0 Å². The quantitative estimate of drug-likeness (QED) is 0.396. The van der Waals surface area contributed by atoms with E-state index in [9.17, 15) is 18.8 Å². The lowest BCUT2D eigenvalue weighted by Gasteiger charge is -2.08. The number of rotatable bonds is 9. The number of carbonyl (C=O) groups is 3. The Balaban J connectivity index is 2.00. The van der Waals surface area contributed by atoms with E-state index in [4.69, 9.17) is 4.74 Å². The molecule has 0 radical (unpaired) electrons. The van der Waals surface area contributed by atoms with Crippen LogP contribution < -0.4 is 4.74 Å². The number of para-hydroxylation sites is 1. The molecule has 0 unspecified atom stereocenters. The molecule has 0 saturated heterocycles. The van der Waals surface area contributed by atoms with E-state index in [-0.39, 0.29) is 17.7 Å². The number of ketones is 3. The van der Waals surface area contributed by atoms with Gasteiger partial charge in [-0.3, -0.25) is 14.4 Å². The topological polar surface area (TPSA) is 60.4 Å². The van der Waals surface area contributed by atoms with Crippen molar-refractivity contribution in [1.82, 2.24) is 0 Å². The van der Waals surface area contributed by atoms with Gasteiger partial charge in [-0.1, -0.05) is 24.8 Å². The molecule has 0 aliphatic carbocycles. The summed E-state index contributed by atoms with van der Waals surface area (Å²) in [6, 6.07) is 11.5. The second-order valence-electron chi connectivity index (χ2n) is 5.34. The van der Waals surface area contributed by atoms with Gasteiger partial charge in [0, 0.05) is 5.56 Å². The van der Waals surface area contributed by atoms with Gasteiger partial charge in [-0.15, -0.1) is 0 Å². The Bertz CT molecular complexity index is 794. The average molecular weight is 340 g/mol. The predicted octanol–water partition coefficient (Wildman–Crippen LogP) is 3.81. The van der Waals surface area contributed by atoms with Crippen molar-refractivity contribution in [2.75, 3.05) is 6.61 Å². The Kier molecular flexibility index (Phi) is 6.34. The van der Waals surface area contributed by atoms with Gasteiger partial charge in [0.1, 0.15) is 24.0 Å². The van der Waals surface area contributed by atoms with Crippen LogP contribution in [0, 0.1) is 5.82 Å². The Morgan fingerprint density at radius 2 is 1.60 bits per heavy atom. The van der Waals surface area contributed by atoms with Crippen LogP contribution in [0.3, 0.4) is 0 Å². The monoisotopic (exact) mass is 340 g/mol. The first-order valence-corrected chi connectivity index (χ1v) is 7.67. The molecule has 0 amide bonds. The molecular weight excluding hydrogens is 323 g/mol. The van der Waals surface area contributed by atoms with Crippen molar-refractivity contribution in [3.8, 4) is 5.75 Å². The lowest BCUT2D eigenvalue weighted by Crippen LogP contribution is -2.14. The Morgan fingerprint density at radius 1 is 0.960 bits per heavy atom. The van der Waals surface area contributed by atoms with Crippen molar-refractivity contribution in [3.05, 3.63) is 78.1 Å². The van der Waals surface area contributed by atoms with Crippen LogP contribution in [0.15, 0.2) is 61.2 Å². The number of carbonyl (C=O) groups excluding carboxylic acids is 3. The molecule has 0 N–H and O–H groups in total. The zero-order valence-corrected chi connectivity index (χ0v) is 13.5. The van der Waals surface area contributed by atoms with Crippen LogP contribution in [0.2, 0.25) is 0 Å². The molecule has 5 heteroatoms. The fraction of sp³-hybridized carbons (Fsp3) is 0.150. The van der Waals surface area contributed by atoms with E-state index in [1.165, 1.54) is 12.1 Å². The van der Waals surface area contributed by atoms with Crippen molar-refractivity contribution >= 4 is 17.3 Å². The number of Topliss-reactive ketones (excluding diaryl/α,β-unsaturated/α-hetero) is 3. The highest BCUT2D eigenvalue weighted by atomic mass is 19.1. The van der Waals surface area contributed by atoms with Crippen LogP contribution in [0.5, 0.6) is 5.75 Å². The molecule has 0 heterocycles. The van der Waals surface area contributed by atoms with Crippen LogP contribution in [-0.2, 0) is 4.79 Å². The molecule has 2 aromatic carbocycles. The van der Waals surface area contributed by atoms with Crippen LogP contribution in [0.4, 0.5) is 4.39 Å². The molecule has 0 bridgehead atoms. The van der Waals surface area contributed by atoms with Crippen LogP contribution >= 0.6 is 0 Å². The summed E-state index contributed by atoms with van der Waals surface area (Å²) in [7, 11) is 0. The van der Waals surface area contributed by atoms with Gasteiger partial charge >= 0.3 is 0 Å². The lowest BCUT2D eigenvalue weighted by atomic mass is 10.00. The van der Waals surface area contributed by atoms with Gasteiger partial charge in [-0.05, 0) is 36.4 Å². The first-order valence-electron chi connectivity index (χ1n) is 7.67. The summed E-state index contributed by atoms with van der Waals surface area (Å²) in [5, 5.41) is 0. The number of halogens is 1. The molecule has 25 heavy (non-hydrogen) atoms. The molecule has 0 spiro atoms. The minimum atomic E-state index is -0.502. The Morgan fingerprint density at radius 3 is 2.28 bits per heavy atom. The second kappa shape index (κ2) is 8.68. The van der Waals surface area contributed by atoms with E-state index in [1.807, 2.05) is 0 Å². The summed E-state index contributed by atoms with van der Waals surface area (Å²) in [5.74, 6) is -1.47. The van der Waals surface area contributed by atoms with E-state index >= 15 is 0 Å². The maximum Gasteiger partial charge on any atom is 0.173 e. The zero-order valence-electron chi connectivity index (χ0n) is 13.5. The van der Waals surface area contributed by atoms with Crippen LogP contribution in [-0.4, -0.2) is 24.0 Å². The fourth-order valence-electron chi connectivity index (χ4n) is 2.23.